The van der Waals surface area contributed by atoms with E-state index in [1.54, 1.807) is 12.4 Å². The van der Waals surface area contributed by atoms with Crippen LogP contribution >= 0.6 is 11.6 Å². The van der Waals surface area contributed by atoms with Crippen molar-refractivity contribution in [3.05, 3.63) is 83.3 Å². The minimum Gasteiger partial charge on any atom is -0.475 e. The van der Waals surface area contributed by atoms with E-state index in [9.17, 15) is 48.7 Å². The van der Waals surface area contributed by atoms with Crippen molar-refractivity contribution in [3.63, 3.8) is 0 Å². The molecule has 6 bridgehead atoms. The number of pyridine rings is 2. The van der Waals surface area contributed by atoms with Gasteiger partial charge in [0, 0.05) is 55.0 Å². The van der Waals surface area contributed by atoms with E-state index in [0.717, 1.165) is 66.2 Å². The average Bonchev–Trinajstić information content (AvgIpc) is 3.16. The number of hydrogen-bond acceptors (Lipinski definition) is 11. The normalized spacial score (nSPS) is 13.8. The van der Waals surface area contributed by atoms with Gasteiger partial charge >= 0.3 is 36.4 Å². The number of anilines is 6. The van der Waals surface area contributed by atoms with E-state index < -0.39 is 42.4 Å². The summed E-state index contributed by atoms with van der Waals surface area (Å²) in [6.07, 6.45) is -5.04. The Morgan fingerprint density at radius 1 is 0.770 bits per heavy atom. The smallest absolute Gasteiger partial charge is 0.475 e. The number of hydrogen-bond donors (Lipinski definition) is 6. The number of aryl methyl sites for hydroxylation is 2. The van der Waals surface area contributed by atoms with Crippen LogP contribution in [0.3, 0.4) is 0 Å². The number of nitrogens with one attached hydrogen (secondary N) is 3. The molecule has 0 radical (unpaired) electrons. The van der Waals surface area contributed by atoms with Crippen LogP contribution in [0.25, 0.3) is 0 Å². The molecule has 1 fully saturated rings. The van der Waals surface area contributed by atoms with Crippen LogP contribution in [0.5, 0.6) is 0 Å². The summed E-state index contributed by atoms with van der Waals surface area (Å²) in [5.41, 5.74) is 5.26. The van der Waals surface area contributed by atoms with E-state index in [4.69, 9.17) is 41.3 Å². The lowest BCUT2D eigenvalue weighted by Gasteiger charge is -2.33. The van der Waals surface area contributed by atoms with Gasteiger partial charge in [0.2, 0.25) is 17.8 Å². The van der Waals surface area contributed by atoms with Crippen molar-refractivity contribution in [2.24, 2.45) is 5.92 Å². The molecule has 26 heteroatoms. The minimum absolute atomic E-state index is 0.00960. The maximum absolute atomic E-state index is 13.5. The fourth-order valence-corrected chi connectivity index (χ4v) is 5.34. The molecule has 330 valence electrons. The number of nitrogens with zero attached hydrogens (tertiary/aromatic N) is 5. The van der Waals surface area contributed by atoms with Crippen molar-refractivity contribution in [1.29, 1.82) is 0 Å². The van der Waals surface area contributed by atoms with Crippen LogP contribution in [0, 0.1) is 11.9 Å². The number of halogens is 11. The van der Waals surface area contributed by atoms with Crippen LogP contribution in [-0.2, 0) is 32.0 Å². The topological polar surface area (TPSA) is 220 Å². The Hall–Kier alpha value is -6.53. The number of carbonyl (C=O) groups is 4. The number of amides is 1. The number of aliphatic carboxylic acids is 3. The van der Waals surface area contributed by atoms with Crippen LogP contribution in [0.15, 0.2) is 61.2 Å². The molecule has 15 nitrogen and oxygen atoms in total. The predicted molar refractivity (Wildman–Crippen MR) is 195 cm³/mol. The van der Waals surface area contributed by atoms with Gasteiger partial charge in [-0.3, -0.25) is 9.78 Å². The van der Waals surface area contributed by atoms with Gasteiger partial charge in [-0.15, -0.1) is 0 Å². The van der Waals surface area contributed by atoms with Crippen LogP contribution < -0.4 is 20.9 Å². The van der Waals surface area contributed by atoms with Crippen LogP contribution in [0.1, 0.15) is 30.4 Å². The molecule has 1 saturated heterocycles. The molecule has 61 heavy (non-hydrogen) atoms. The maximum atomic E-state index is 13.5. The van der Waals surface area contributed by atoms with E-state index >= 15 is 0 Å². The summed E-state index contributed by atoms with van der Waals surface area (Å²) >= 11 is 6.37. The van der Waals surface area contributed by atoms with Crippen molar-refractivity contribution in [2.45, 2.75) is 50.6 Å². The number of benzene rings is 1. The highest BCUT2D eigenvalue weighted by atomic mass is 35.5. The number of rotatable bonds is 4. The van der Waals surface area contributed by atoms with Gasteiger partial charge in [-0.1, -0.05) is 11.6 Å². The third-order valence-electron chi connectivity index (χ3n) is 8.01. The van der Waals surface area contributed by atoms with Crippen molar-refractivity contribution < 1.29 is 78.4 Å². The van der Waals surface area contributed by atoms with Crippen LogP contribution in [-0.4, -0.2) is 90.7 Å². The van der Waals surface area contributed by atoms with E-state index in [0.29, 0.717) is 29.6 Å². The maximum Gasteiger partial charge on any atom is 0.490 e. The molecular weight excluding hydrogens is 870 g/mol. The van der Waals surface area contributed by atoms with Gasteiger partial charge in [-0.25, -0.2) is 24.4 Å². The fourth-order valence-electron chi connectivity index (χ4n) is 5.20. The zero-order valence-electron chi connectivity index (χ0n) is 30.7. The molecule has 0 atom stereocenters. The first kappa shape index (κ1) is 48.8. The Bertz CT molecular complexity index is 2110. The number of fused-ring (bicyclic) bond motifs is 6. The summed E-state index contributed by atoms with van der Waals surface area (Å²) in [5, 5.41) is 31.4. The van der Waals surface area contributed by atoms with Gasteiger partial charge in [0.25, 0.3) is 0 Å². The molecule has 0 aliphatic carbocycles. The summed E-state index contributed by atoms with van der Waals surface area (Å²) < 4.78 is 109. The lowest BCUT2D eigenvalue weighted by Crippen LogP contribution is -2.35. The van der Waals surface area contributed by atoms with E-state index in [1.165, 1.54) is 12.3 Å². The molecule has 0 unspecified atom stereocenters. The largest absolute Gasteiger partial charge is 0.490 e. The number of carbonyl (C=O) groups excluding carboxylic acids is 1. The molecule has 6 N–H and O–H groups in total. The zero-order chi connectivity index (χ0) is 45.7. The molecule has 0 spiro atoms. The number of piperidine rings is 1. The lowest BCUT2D eigenvalue weighted by molar-refractivity contribution is -0.193. The number of carboxylic acid groups (broad SMARTS) is 3. The Labute approximate surface area is 341 Å². The highest BCUT2D eigenvalue weighted by molar-refractivity contribution is 6.32. The van der Waals surface area contributed by atoms with E-state index in [-0.39, 0.29) is 11.8 Å². The molecule has 5 heterocycles. The summed E-state index contributed by atoms with van der Waals surface area (Å²) in [5.74, 6) is -7.60. The second-order valence-electron chi connectivity index (χ2n) is 12.5. The molecule has 2 aliphatic heterocycles. The molecule has 6 rings (SSSR count). The molecule has 2 aliphatic rings. The Kier molecular flexibility index (Phi) is 16.9. The molecule has 0 saturated carbocycles. The first-order valence-corrected chi connectivity index (χ1v) is 17.4. The number of aromatic nitrogens is 4. The number of alkyl halides is 9. The summed E-state index contributed by atoms with van der Waals surface area (Å²) in [6, 6.07) is 11.1. The molecule has 1 amide bonds. The molecular formula is C35H31ClF10N8O7. The summed E-state index contributed by atoms with van der Waals surface area (Å²) in [4.78, 5) is 58.7. The molecule has 1 aromatic carbocycles. The van der Waals surface area contributed by atoms with E-state index in [1.807, 2.05) is 36.5 Å². The third-order valence-corrected chi connectivity index (χ3v) is 8.29. The average molecular weight is 901 g/mol. The predicted octanol–water partition coefficient (Wildman–Crippen LogP) is 7.79. The van der Waals surface area contributed by atoms with Crippen molar-refractivity contribution in [3.8, 4) is 0 Å². The van der Waals surface area contributed by atoms with Crippen LogP contribution in [0.2, 0.25) is 5.02 Å². The summed E-state index contributed by atoms with van der Waals surface area (Å²) in [7, 11) is 0. The van der Waals surface area contributed by atoms with Crippen molar-refractivity contribution >= 4 is 69.9 Å². The standard InChI is InChI=1S/C29H28ClFN8O.3C2HF3O2/c30-24-17-34-29-36-22-11-19(15-32-16-22)1-2-20-13-21(35-28(24)38-29)3-4-25(20)37-27(40)12-18-6-9-39(10-7-18)23-5-8-33-26(31)14-23;3*3-2(4,5)1(6)7/h3-5,8,11,13-18H,1-2,6-7,9-10,12H2,(H,37,40)(H2,34,35,36,38);3*(H,6,7). The third kappa shape index (κ3) is 16.6. The second-order valence-corrected chi connectivity index (χ2v) is 12.9. The van der Waals surface area contributed by atoms with E-state index in [2.05, 4.69) is 40.8 Å². The number of carboxylic acids is 3. The van der Waals surface area contributed by atoms with Gasteiger partial charge in [0.1, 0.15) is 5.02 Å². The lowest BCUT2D eigenvalue weighted by atomic mass is 9.92. The Balaban J connectivity index is 0.000000390. The highest BCUT2D eigenvalue weighted by Gasteiger charge is 2.39. The van der Waals surface area contributed by atoms with Gasteiger partial charge < -0.3 is 36.2 Å². The first-order chi connectivity index (χ1) is 28.3. The van der Waals surface area contributed by atoms with Gasteiger partial charge in [0.15, 0.2) is 5.82 Å². The zero-order valence-corrected chi connectivity index (χ0v) is 31.4. The second kappa shape index (κ2) is 21.1. The molecule has 3 aromatic heterocycles. The molecule has 4 aromatic rings. The quantitative estimate of drug-likeness (QED) is 0.0851. The monoisotopic (exact) mass is 900 g/mol. The first-order valence-electron chi connectivity index (χ1n) is 17.0. The highest BCUT2D eigenvalue weighted by Crippen LogP contribution is 2.31. The van der Waals surface area contributed by atoms with Gasteiger partial charge in [-0.2, -0.15) is 48.9 Å². The summed E-state index contributed by atoms with van der Waals surface area (Å²) in [6.45, 7) is 1.56. The Morgan fingerprint density at radius 3 is 1.92 bits per heavy atom. The Morgan fingerprint density at radius 2 is 1.36 bits per heavy atom. The van der Waals surface area contributed by atoms with Crippen molar-refractivity contribution in [2.75, 3.05) is 33.9 Å². The SMILES string of the molecule is O=C(CC1CCN(c2ccnc(F)c2)CC1)Nc1ccc2cc1CCc1cncc(c1)Nc1ncc(Cl)c(n1)N2.O=C(O)C(F)(F)F.O=C(O)C(F)(F)F.O=C(O)C(F)(F)F. The van der Waals surface area contributed by atoms with Gasteiger partial charge in [0.05, 0.1) is 18.1 Å². The van der Waals surface area contributed by atoms with Crippen LogP contribution in [0.4, 0.5) is 78.4 Å². The van der Waals surface area contributed by atoms with Gasteiger partial charge in [-0.05, 0) is 73.1 Å². The fraction of sp³-hybridized carbons (Fsp3) is 0.314. The minimum atomic E-state index is -5.08. The van der Waals surface area contributed by atoms with Crippen molar-refractivity contribution in [1.82, 2.24) is 19.9 Å².